The van der Waals surface area contributed by atoms with Crippen molar-refractivity contribution in [1.29, 1.82) is 0 Å². The van der Waals surface area contributed by atoms with Crippen LogP contribution >= 0.6 is 23.4 Å². The highest BCUT2D eigenvalue weighted by atomic mass is 35.5. The summed E-state index contributed by atoms with van der Waals surface area (Å²) in [6.45, 7) is 0.264. The SMILES string of the molecule is CSc1ccc(CNS(=O)(=O)c2ccc(Cl)cc2)cc1. The van der Waals surface area contributed by atoms with Crippen LogP contribution in [-0.2, 0) is 16.6 Å². The summed E-state index contributed by atoms with van der Waals surface area (Å²) >= 11 is 7.39. The molecule has 0 spiro atoms. The Hall–Kier alpha value is -1.01. The number of nitrogens with one attached hydrogen (secondary N) is 1. The van der Waals surface area contributed by atoms with Gasteiger partial charge in [-0.05, 0) is 48.2 Å². The zero-order valence-electron chi connectivity index (χ0n) is 10.8. The van der Waals surface area contributed by atoms with Gasteiger partial charge < -0.3 is 0 Å². The molecule has 0 saturated carbocycles. The van der Waals surface area contributed by atoms with E-state index in [-0.39, 0.29) is 11.4 Å². The van der Waals surface area contributed by atoms with Gasteiger partial charge in [-0.1, -0.05) is 23.7 Å². The molecule has 0 saturated heterocycles. The first kappa shape index (κ1) is 15.4. The van der Waals surface area contributed by atoms with E-state index in [4.69, 9.17) is 11.6 Å². The Morgan fingerprint density at radius 2 is 1.65 bits per heavy atom. The minimum atomic E-state index is -3.50. The van der Waals surface area contributed by atoms with Gasteiger partial charge >= 0.3 is 0 Å². The molecule has 1 N–H and O–H groups in total. The Morgan fingerprint density at radius 3 is 2.20 bits per heavy atom. The van der Waals surface area contributed by atoms with Gasteiger partial charge in [0, 0.05) is 16.5 Å². The van der Waals surface area contributed by atoms with Crippen molar-refractivity contribution >= 4 is 33.4 Å². The first-order valence-electron chi connectivity index (χ1n) is 5.89. The quantitative estimate of drug-likeness (QED) is 0.854. The maximum Gasteiger partial charge on any atom is 0.240 e. The Balaban J connectivity index is 2.06. The van der Waals surface area contributed by atoms with Gasteiger partial charge in [-0.2, -0.15) is 0 Å². The molecule has 0 aliphatic carbocycles. The lowest BCUT2D eigenvalue weighted by Gasteiger charge is -2.07. The highest BCUT2D eigenvalue weighted by molar-refractivity contribution is 7.98. The molecular formula is C14H14ClNO2S2. The van der Waals surface area contributed by atoms with Crippen LogP contribution in [0.25, 0.3) is 0 Å². The van der Waals surface area contributed by atoms with Crippen molar-refractivity contribution in [3.8, 4) is 0 Å². The summed E-state index contributed by atoms with van der Waals surface area (Å²) in [7, 11) is -3.50. The molecule has 0 atom stereocenters. The normalized spacial score (nSPS) is 11.5. The molecule has 20 heavy (non-hydrogen) atoms. The van der Waals surface area contributed by atoms with Crippen LogP contribution in [-0.4, -0.2) is 14.7 Å². The first-order valence-corrected chi connectivity index (χ1v) is 8.98. The van der Waals surface area contributed by atoms with Crippen LogP contribution in [0.1, 0.15) is 5.56 Å². The zero-order chi connectivity index (χ0) is 14.6. The van der Waals surface area contributed by atoms with Crippen LogP contribution in [0.15, 0.2) is 58.3 Å². The standard InChI is InChI=1S/C14H14ClNO2S2/c1-19-13-6-2-11(3-7-13)10-16-20(17,18)14-8-4-12(15)5-9-14/h2-9,16H,10H2,1H3. The van der Waals surface area contributed by atoms with Crippen molar-refractivity contribution in [3.63, 3.8) is 0 Å². The van der Waals surface area contributed by atoms with Crippen molar-refractivity contribution in [2.45, 2.75) is 16.3 Å². The van der Waals surface area contributed by atoms with Gasteiger partial charge in [-0.3, -0.25) is 0 Å². The average molecular weight is 328 g/mol. The number of sulfonamides is 1. The highest BCUT2D eigenvalue weighted by Gasteiger charge is 2.13. The summed E-state index contributed by atoms with van der Waals surface area (Å²) < 4.78 is 26.7. The van der Waals surface area contributed by atoms with E-state index in [1.165, 1.54) is 12.1 Å². The fourth-order valence-corrected chi connectivity index (χ4v) is 3.17. The molecule has 2 rings (SSSR count). The third-order valence-electron chi connectivity index (χ3n) is 2.75. The summed E-state index contributed by atoms with van der Waals surface area (Å²) in [6.07, 6.45) is 2.00. The molecule has 0 heterocycles. The summed E-state index contributed by atoms with van der Waals surface area (Å²) in [6, 6.07) is 13.9. The Labute approximate surface area is 128 Å². The second-order valence-electron chi connectivity index (χ2n) is 4.13. The average Bonchev–Trinajstić information content (AvgIpc) is 2.46. The van der Waals surface area contributed by atoms with Crippen LogP contribution in [0.3, 0.4) is 0 Å². The van der Waals surface area contributed by atoms with Crippen LogP contribution in [0, 0.1) is 0 Å². The molecule has 0 amide bonds. The number of hydrogen-bond donors (Lipinski definition) is 1. The van der Waals surface area contributed by atoms with Gasteiger partial charge in [0.2, 0.25) is 10.0 Å². The lowest BCUT2D eigenvalue weighted by molar-refractivity contribution is 0.581. The highest BCUT2D eigenvalue weighted by Crippen LogP contribution is 2.16. The second-order valence-corrected chi connectivity index (χ2v) is 7.21. The monoisotopic (exact) mass is 327 g/mol. The molecule has 6 heteroatoms. The number of benzene rings is 2. The van der Waals surface area contributed by atoms with Crippen LogP contribution in [0.2, 0.25) is 5.02 Å². The molecule has 3 nitrogen and oxygen atoms in total. The Morgan fingerprint density at radius 1 is 1.05 bits per heavy atom. The predicted molar refractivity (Wildman–Crippen MR) is 83.7 cm³/mol. The third kappa shape index (κ3) is 3.99. The summed E-state index contributed by atoms with van der Waals surface area (Å²) in [5.74, 6) is 0. The predicted octanol–water partition coefficient (Wildman–Crippen LogP) is 3.54. The minimum absolute atomic E-state index is 0.211. The number of rotatable bonds is 5. The van der Waals surface area contributed by atoms with E-state index in [9.17, 15) is 8.42 Å². The van der Waals surface area contributed by atoms with Crippen molar-refractivity contribution in [2.75, 3.05) is 6.26 Å². The lowest BCUT2D eigenvalue weighted by Crippen LogP contribution is -2.23. The van der Waals surface area contributed by atoms with Crippen molar-refractivity contribution in [1.82, 2.24) is 4.72 Å². The first-order chi connectivity index (χ1) is 9.51. The molecule has 0 radical (unpaired) electrons. The minimum Gasteiger partial charge on any atom is -0.207 e. The topological polar surface area (TPSA) is 46.2 Å². The fraction of sp³-hybridized carbons (Fsp3) is 0.143. The van der Waals surface area contributed by atoms with Crippen molar-refractivity contribution in [2.24, 2.45) is 0 Å². The molecule has 0 fully saturated rings. The van der Waals surface area contributed by atoms with E-state index >= 15 is 0 Å². The number of thioether (sulfide) groups is 1. The van der Waals surface area contributed by atoms with Gasteiger partial charge in [-0.15, -0.1) is 11.8 Å². The van der Waals surface area contributed by atoms with Gasteiger partial charge in [-0.25, -0.2) is 13.1 Å². The molecule has 106 valence electrons. The largest absolute Gasteiger partial charge is 0.240 e. The van der Waals surface area contributed by atoms with Gasteiger partial charge in [0.25, 0.3) is 0 Å². The molecular weight excluding hydrogens is 314 g/mol. The van der Waals surface area contributed by atoms with Gasteiger partial charge in [0.15, 0.2) is 0 Å². The Bertz CT molecular complexity index is 667. The molecule has 2 aromatic rings. The van der Waals surface area contributed by atoms with Crippen molar-refractivity contribution in [3.05, 3.63) is 59.1 Å². The van der Waals surface area contributed by atoms with E-state index in [1.807, 2.05) is 30.5 Å². The number of halogens is 1. The van der Waals surface area contributed by atoms with E-state index in [1.54, 1.807) is 23.9 Å². The molecule has 0 aliphatic heterocycles. The number of hydrogen-bond acceptors (Lipinski definition) is 3. The molecule has 2 aromatic carbocycles. The van der Waals surface area contributed by atoms with E-state index in [0.717, 1.165) is 10.5 Å². The van der Waals surface area contributed by atoms with Crippen LogP contribution in [0.4, 0.5) is 0 Å². The van der Waals surface area contributed by atoms with E-state index in [0.29, 0.717) is 5.02 Å². The Kier molecular flexibility index (Phi) is 5.10. The summed E-state index contributed by atoms with van der Waals surface area (Å²) in [5, 5.41) is 0.511. The molecule has 0 aliphatic rings. The smallest absolute Gasteiger partial charge is 0.207 e. The maximum atomic E-state index is 12.1. The summed E-state index contributed by atoms with van der Waals surface area (Å²) in [4.78, 5) is 1.36. The summed E-state index contributed by atoms with van der Waals surface area (Å²) in [5.41, 5.74) is 0.917. The fourth-order valence-electron chi connectivity index (χ4n) is 1.62. The van der Waals surface area contributed by atoms with Gasteiger partial charge in [0.1, 0.15) is 0 Å². The third-order valence-corrected chi connectivity index (χ3v) is 5.16. The van der Waals surface area contributed by atoms with Gasteiger partial charge in [0.05, 0.1) is 4.90 Å². The maximum absolute atomic E-state index is 12.1. The second kappa shape index (κ2) is 6.63. The van der Waals surface area contributed by atoms with Crippen molar-refractivity contribution < 1.29 is 8.42 Å². The zero-order valence-corrected chi connectivity index (χ0v) is 13.2. The van der Waals surface area contributed by atoms with Crippen LogP contribution < -0.4 is 4.72 Å². The van der Waals surface area contributed by atoms with Crippen LogP contribution in [0.5, 0.6) is 0 Å². The lowest BCUT2D eigenvalue weighted by atomic mass is 10.2. The molecule has 0 aromatic heterocycles. The van der Waals surface area contributed by atoms with E-state index in [2.05, 4.69) is 4.72 Å². The molecule has 0 unspecified atom stereocenters. The van der Waals surface area contributed by atoms with E-state index < -0.39 is 10.0 Å². The molecule has 0 bridgehead atoms.